The van der Waals surface area contributed by atoms with E-state index in [9.17, 15) is 14.0 Å². The summed E-state index contributed by atoms with van der Waals surface area (Å²) >= 11 is 7.82. The zero-order valence-corrected chi connectivity index (χ0v) is 23.7. The predicted molar refractivity (Wildman–Crippen MR) is 157 cm³/mol. The fraction of sp³-hybridized carbons (Fsp3) is 0.233. The monoisotopic (exact) mass is 596 g/mol. The summed E-state index contributed by atoms with van der Waals surface area (Å²) in [4.78, 5) is 28.1. The largest absolute Gasteiger partial charge is 0.385 e. The van der Waals surface area contributed by atoms with E-state index in [1.807, 2.05) is 30.3 Å². The molecule has 0 fully saturated rings. The third kappa shape index (κ3) is 6.14. The maximum absolute atomic E-state index is 15.3. The van der Waals surface area contributed by atoms with Gasteiger partial charge in [0.15, 0.2) is 0 Å². The number of rotatable bonds is 9. The summed E-state index contributed by atoms with van der Waals surface area (Å²) in [5, 5.41) is 7.37. The molecule has 0 saturated heterocycles. The molecule has 4 aromatic rings. The first-order valence-corrected chi connectivity index (χ1v) is 14.4. The van der Waals surface area contributed by atoms with Gasteiger partial charge in [-0.25, -0.2) is 13.5 Å². The smallest absolute Gasteiger partial charge is 0.240 e. The average Bonchev–Trinajstić information content (AvgIpc) is 3.29. The molecule has 0 aliphatic carbocycles. The minimum atomic E-state index is -0.741. The van der Waals surface area contributed by atoms with Crippen molar-refractivity contribution in [2.45, 2.75) is 11.7 Å². The van der Waals surface area contributed by atoms with Crippen LogP contribution >= 0.6 is 23.4 Å². The third-order valence-electron chi connectivity index (χ3n) is 6.61. The molecule has 1 aliphatic rings. The first kappa shape index (κ1) is 28.8. The minimum Gasteiger partial charge on any atom is -0.385 e. The van der Waals surface area contributed by atoms with Crippen LogP contribution in [0.2, 0.25) is 5.02 Å². The standard InChI is InChI=1S/C30H27ClF2N4O3S/c1-40-15-7-14-34-25(38)17-36-26(39)18-41-29(21-13-12-20(32)16-23(21)33)27-28(19-8-3-2-4-9-19)35-37(30(27)36)24-11-6-5-10-22(24)31/h2-6,8-13,16,29H,7,14-15,17-18H2,1H3,(H,34,38)/t29-/m1/s1. The Morgan fingerprint density at radius 1 is 1.12 bits per heavy atom. The van der Waals surface area contributed by atoms with E-state index < -0.39 is 16.9 Å². The van der Waals surface area contributed by atoms with E-state index in [4.69, 9.17) is 21.4 Å². The number of ether oxygens (including phenoxy) is 1. The molecule has 1 atom stereocenters. The number of amides is 2. The normalized spacial score (nSPS) is 15.0. The molecule has 7 nitrogen and oxygen atoms in total. The van der Waals surface area contributed by atoms with Gasteiger partial charge in [-0.05, 0) is 24.6 Å². The lowest BCUT2D eigenvalue weighted by Gasteiger charge is -2.23. The van der Waals surface area contributed by atoms with E-state index in [1.165, 1.54) is 33.5 Å². The summed E-state index contributed by atoms with van der Waals surface area (Å²) in [5.74, 6) is -1.93. The summed E-state index contributed by atoms with van der Waals surface area (Å²) in [5.41, 5.74) is 2.41. The Labute approximate surface area is 245 Å². The molecule has 0 unspecified atom stereocenters. The lowest BCUT2D eigenvalue weighted by Crippen LogP contribution is -2.42. The number of benzene rings is 3. The zero-order chi connectivity index (χ0) is 28.9. The number of hydrogen-bond acceptors (Lipinski definition) is 5. The van der Waals surface area contributed by atoms with Crippen LogP contribution in [0, 0.1) is 11.6 Å². The van der Waals surface area contributed by atoms with Crippen LogP contribution in [0.3, 0.4) is 0 Å². The van der Waals surface area contributed by atoms with Crippen molar-refractivity contribution in [2.24, 2.45) is 0 Å². The summed E-state index contributed by atoms with van der Waals surface area (Å²) in [6.45, 7) is 0.565. The SMILES string of the molecule is COCCCNC(=O)CN1C(=O)CS[C@H](c2ccc(F)cc2F)c2c(-c3ccccc3)nn(-c3ccccc3Cl)c21. The van der Waals surface area contributed by atoms with Crippen molar-refractivity contribution in [3.05, 3.63) is 101 Å². The fourth-order valence-electron chi connectivity index (χ4n) is 4.72. The molecule has 1 aliphatic heterocycles. The topological polar surface area (TPSA) is 76.5 Å². The summed E-state index contributed by atoms with van der Waals surface area (Å²) < 4.78 is 35.8. The molecule has 1 N–H and O–H groups in total. The van der Waals surface area contributed by atoms with Crippen LogP contribution in [0.15, 0.2) is 72.8 Å². The maximum atomic E-state index is 15.3. The number of nitrogens with zero attached hydrogens (tertiary/aromatic N) is 3. The van der Waals surface area contributed by atoms with Gasteiger partial charge in [0.25, 0.3) is 0 Å². The van der Waals surface area contributed by atoms with Crippen molar-refractivity contribution < 1.29 is 23.1 Å². The van der Waals surface area contributed by atoms with Gasteiger partial charge in [0.2, 0.25) is 11.8 Å². The zero-order valence-electron chi connectivity index (χ0n) is 22.1. The van der Waals surface area contributed by atoms with Crippen LogP contribution in [0.1, 0.15) is 22.8 Å². The number of carbonyl (C=O) groups excluding carboxylic acids is 2. The van der Waals surface area contributed by atoms with Gasteiger partial charge in [0, 0.05) is 43.0 Å². The molecule has 0 radical (unpaired) electrons. The van der Waals surface area contributed by atoms with Crippen molar-refractivity contribution in [2.75, 3.05) is 37.5 Å². The van der Waals surface area contributed by atoms with Gasteiger partial charge < -0.3 is 10.1 Å². The molecule has 41 heavy (non-hydrogen) atoms. The lowest BCUT2D eigenvalue weighted by atomic mass is 9.99. The Morgan fingerprint density at radius 3 is 2.61 bits per heavy atom. The number of carbonyl (C=O) groups is 2. The van der Waals surface area contributed by atoms with Crippen molar-refractivity contribution in [3.8, 4) is 16.9 Å². The van der Waals surface area contributed by atoms with Crippen LogP contribution in [-0.2, 0) is 14.3 Å². The van der Waals surface area contributed by atoms with E-state index in [0.717, 1.165) is 11.6 Å². The van der Waals surface area contributed by atoms with Gasteiger partial charge in [-0.3, -0.25) is 14.5 Å². The fourth-order valence-corrected chi connectivity index (χ4v) is 6.16. The van der Waals surface area contributed by atoms with E-state index in [1.54, 1.807) is 31.4 Å². The predicted octanol–water partition coefficient (Wildman–Crippen LogP) is 5.79. The van der Waals surface area contributed by atoms with E-state index in [2.05, 4.69) is 5.32 Å². The molecule has 2 heterocycles. The first-order valence-electron chi connectivity index (χ1n) is 12.9. The summed E-state index contributed by atoms with van der Waals surface area (Å²) in [7, 11) is 1.58. The van der Waals surface area contributed by atoms with E-state index in [-0.39, 0.29) is 29.7 Å². The summed E-state index contributed by atoms with van der Waals surface area (Å²) in [6.07, 6.45) is 0.610. The minimum absolute atomic E-state index is 0.0517. The average molecular weight is 597 g/mol. The molecule has 1 aromatic heterocycles. The number of halogens is 3. The Hall–Kier alpha value is -3.73. The van der Waals surface area contributed by atoms with Crippen molar-refractivity contribution >= 4 is 41.0 Å². The first-order chi connectivity index (χ1) is 19.9. The third-order valence-corrected chi connectivity index (χ3v) is 8.17. The number of hydrogen-bond donors (Lipinski definition) is 1. The molecule has 3 aromatic carbocycles. The highest BCUT2D eigenvalue weighted by molar-refractivity contribution is 8.00. The molecular weight excluding hydrogens is 570 g/mol. The molecule has 212 valence electrons. The van der Waals surface area contributed by atoms with Crippen LogP contribution in [0.4, 0.5) is 14.6 Å². The molecule has 0 spiro atoms. The Bertz CT molecular complexity index is 1570. The number of nitrogens with one attached hydrogen (secondary N) is 1. The van der Waals surface area contributed by atoms with Crippen LogP contribution < -0.4 is 10.2 Å². The second-order valence-corrected chi connectivity index (χ2v) is 10.8. The Balaban J connectivity index is 1.74. The second-order valence-electron chi connectivity index (χ2n) is 9.35. The highest BCUT2D eigenvalue weighted by Gasteiger charge is 2.38. The van der Waals surface area contributed by atoms with E-state index in [0.29, 0.717) is 47.4 Å². The molecule has 11 heteroatoms. The van der Waals surface area contributed by atoms with Gasteiger partial charge in [0.05, 0.1) is 27.4 Å². The highest BCUT2D eigenvalue weighted by atomic mass is 35.5. The molecular formula is C30H27ClF2N4O3S. The van der Waals surface area contributed by atoms with Crippen molar-refractivity contribution in [3.63, 3.8) is 0 Å². The van der Waals surface area contributed by atoms with Crippen LogP contribution in [-0.4, -0.2) is 54.2 Å². The summed E-state index contributed by atoms with van der Waals surface area (Å²) in [6, 6.07) is 19.7. The van der Waals surface area contributed by atoms with Crippen molar-refractivity contribution in [1.29, 1.82) is 0 Å². The van der Waals surface area contributed by atoms with Crippen LogP contribution in [0.25, 0.3) is 16.9 Å². The number of fused-ring (bicyclic) bond motifs is 1. The number of aromatic nitrogens is 2. The second kappa shape index (κ2) is 12.8. The van der Waals surface area contributed by atoms with Gasteiger partial charge in [-0.2, -0.15) is 5.10 Å². The maximum Gasteiger partial charge on any atom is 0.240 e. The molecule has 5 rings (SSSR count). The Kier molecular flexibility index (Phi) is 9.02. The van der Waals surface area contributed by atoms with Crippen molar-refractivity contribution in [1.82, 2.24) is 15.1 Å². The van der Waals surface area contributed by atoms with Gasteiger partial charge in [-0.15, -0.1) is 11.8 Å². The van der Waals surface area contributed by atoms with Gasteiger partial charge in [-0.1, -0.05) is 60.1 Å². The number of methoxy groups -OCH3 is 1. The highest BCUT2D eigenvalue weighted by Crippen LogP contribution is 2.49. The number of anilines is 1. The number of para-hydroxylation sites is 1. The molecule has 0 bridgehead atoms. The van der Waals surface area contributed by atoms with Gasteiger partial charge >= 0.3 is 0 Å². The molecule has 0 saturated carbocycles. The number of thioether (sulfide) groups is 1. The quantitative estimate of drug-likeness (QED) is 0.248. The van der Waals surface area contributed by atoms with E-state index >= 15 is 4.39 Å². The molecule has 2 amide bonds. The Morgan fingerprint density at radius 2 is 1.88 bits per heavy atom. The van der Waals surface area contributed by atoms with Gasteiger partial charge in [0.1, 0.15) is 24.0 Å². The lowest BCUT2D eigenvalue weighted by molar-refractivity contribution is -0.122. The van der Waals surface area contributed by atoms with Crippen LogP contribution in [0.5, 0.6) is 0 Å².